The summed E-state index contributed by atoms with van der Waals surface area (Å²) < 4.78 is 1.07. The molecule has 1 atom stereocenters. The molecule has 0 saturated heterocycles. The summed E-state index contributed by atoms with van der Waals surface area (Å²) >= 11 is 5.24. The summed E-state index contributed by atoms with van der Waals surface area (Å²) in [6, 6.07) is 12.5. The standard InChI is InChI=1S/C12H13BrN2S/c1-8-5-6-11(16-8)12(15-14)9-3-2-4-10(13)7-9/h2-7,12,15H,14H2,1H3. The zero-order valence-electron chi connectivity index (χ0n) is 8.91. The molecule has 1 heterocycles. The van der Waals surface area contributed by atoms with Crippen molar-refractivity contribution in [1.82, 2.24) is 5.43 Å². The van der Waals surface area contributed by atoms with Crippen LogP contribution < -0.4 is 11.3 Å². The fourth-order valence-corrected chi connectivity index (χ4v) is 3.02. The number of nitrogens with two attached hydrogens (primary N) is 1. The smallest absolute Gasteiger partial charge is 0.0803 e. The van der Waals surface area contributed by atoms with Crippen molar-refractivity contribution in [3.8, 4) is 0 Å². The molecule has 1 aromatic heterocycles. The van der Waals surface area contributed by atoms with Gasteiger partial charge >= 0.3 is 0 Å². The Labute approximate surface area is 108 Å². The van der Waals surface area contributed by atoms with E-state index in [2.05, 4.69) is 52.5 Å². The molecule has 2 nitrogen and oxygen atoms in total. The largest absolute Gasteiger partial charge is 0.271 e. The Bertz CT molecular complexity index is 481. The van der Waals surface area contributed by atoms with Crippen molar-refractivity contribution < 1.29 is 0 Å². The van der Waals surface area contributed by atoms with Crippen LogP contribution in [0.4, 0.5) is 0 Å². The maximum Gasteiger partial charge on any atom is 0.0803 e. The number of halogens is 1. The molecule has 2 aromatic rings. The number of benzene rings is 1. The Kier molecular flexibility index (Phi) is 3.76. The predicted octanol–water partition coefficient (Wildman–Crippen LogP) is 3.37. The van der Waals surface area contributed by atoms with Crippen molar-refractivity contribution in [2.24, 2.45) is 5.84 Å². The molecule has 1 aromatic carbocycles. The van der Waals surface area contributed by atoms with Gasteiger partial charge in [-0.2, -0.15) is 0 Å². The van der Waals surface area contributed by atoms with E-state index in [0.717, 1.165) is 4.47 Å². The van der Waals surface area contributed by atoms with Crippen LogP contribution in [0.3, 0.4) is 0 Å². The minimum Gasteiger partial charge on any atom is -0.271 e. The Morgan fingerprint density at radius 2 is 2.12 bits per heavy atom. The summed E-state index contributed by atoms with van der Waals surface area (Å²) in [5, 5.41) is 0. The third-order valence-electron chi connectivity index (χ3n) is 2.39. The van der Waals surface area contributed by atoms with Gasteiger partial charge in [0.2, 0.25) is 0 Å². The highest BCUT2D eigenvalue weighted by Crippen LogP contribution is 2.28. The number of hydrogen-bond donors (Lipinski definition) is 2. The quantitative estimate of drug-likeness (QED) is 0.673. The van der Waals surface area contributed by atoms with Crippen LogP contribution >= 0.6 is 27.3 Å². The van der Waals surface area contributed by atoms with Crippen molar-refractivity contribution in [2.45, 2.75) is 13.0 Å². The topological polar surface area (TPSA) is 38.0 Å². The molecular weight excluding hydrogens is 284 g/mol. The third-order valence-corrected chi connectivity index (χ3v) is 3.95. The van der Waals surface area contributed by atoms with E-state index in [0.29, 0.717) is 0 Å². The number of nitrogens with one attached hydrogen (secondary N) is 1. The van der Waals surface area contributed by atoms with E-state index in [4.69, 9.17) is 5.84 Å². The van der Waals surface area contributed by atoms with E-state index in [1.165, 1.54) is 15.3 Å². The first-order valence-corrected chi connectivity index (χ1v) is 6.59. The maximum absolute atomic E-state index is 5.64. The van der Waals surface area contributed by atoms with E-state index in [1.807, 2.05) is 12.1 Å². The highest BCUT2D eigenvalue weighted by molar-refractivity contribution is 9.10. The average Bonchev–Trinajstić information content (AvgIpc) is 2.66. The number of rotatable bonds is 3. The zero-order valence-corrected chi connectivity index (χ0v) is 11.3. The second-order valence-corrected chi connectivity index (χ2v) is 5.84. The molecule has 0 fully saturated rings. The fraction of sp³-hybridized carbons (Fsp3) is 0.167. The van der Waals surface area contributed by atoms with Gasteiger partial charge in [0, 0.05) is 14.2 Å². The molecule has 0 spiro atoms. The van der Waals surface area contributed by atoms with Gasteiger partial charge in [0.25, 0.3) is 0 Å². The minimum atomic E-state index is 0.0659. The van der Waals surface area contributed by atoms with Crippen LogP contribution in [0.25, 0.3) is 0 Å². The lowest BCUT2D eigenvalue weighted by Crippen LogP contribution is -2.28. The number of hydrazine groups is 1. The Hall–Kier alpha value is -0.680. The Balaban J connectivity index is 2.36. The van der Waals surface area contributed by atoms with E-state index in [9.17, 15) is 0 Å². The fourth-order valence-electron chi connectivity index (χ4n) is 1.64. The summed E-state index contributed by atoms with van der Waals surface area (Å²) in [6.07, 6.45) is 0. The molecule has 3 N–H and O–H groups in total. The molecule has 84 valence electrons. The monoisotopic (exact) mass is 296 g/mol. The van der Waals surface area contributed by atoms with Gasteiger partial charge in [0.05, 0.1) is 6.04 Å². The summed E-state index contributed by atoms with van der Waals surface area (Å²) in [5.41, 5.74) is 4.03. The van der Waals surface area contributed by atoms with Gasteiger partial charge in [-0.25, -0.2) is 5.43 Å². The van der Waals surface area contributed by atoms with Crippen LogP contribution in [0.15, 0.2) is 40.9 Å². The molecule has 1 unspecified atom stereocenters. The van der Waals surface area contributed by atoms with Crippen molar-refractivity contribution in [2.75, 3.05) is 0 Å². The van der Waals surface area contributed by atoms with E-state index in [1.54, 1.807) is 11.3 Å². The molecular formula is C12H13BrN2S. The van der Waals surface area contributed by atoms with Crippen LogP contribution in [0.2, 0.25) is 0 Å². The van der Waals surface area contributed by atoms with E-state index < -0.39 is 0 Å². The lowest BCUT2D eigenvalue weighted by Gasteiger charge is -2.14. The molecule has 4 heteroatoms. The van der Waals surface area contributed by atoms with Gasteiger partial charge in [-0.1, -0.05) is 28.1 Å². The normalized spacial score (nSPS) is 12.7. The molecule has 0 amide bonds. The van der Waals surface area contributed by atoms with Crippen molar-refractivity contribution in [3.05, 3.63) is 56.2 Å². The van der Waals surface area contributed by atoms with Gasteiger partial charge in [-0.3, -0.25) is 5.84 Å². The predicted molar refractivity (Wildman–Crippen MR) is 72.4 cm³/mol. The van der Waals surface area contributed by atoms with E-state index in [-0.39, 0.29) is 6.04 Å². The van der Waals surface area contributed by atoms with Crippen molar-refractivity contribution >= 4 is 27.3 Å². The average molecular weight is 297 g/mol. The number of thiophene rings is 1. The van der Waals surface area contributed by atoms with Crippen LogP contribution in [-0.2, 0) is 0 Å². The van der Waals surface area contributed by atoms with Gasteiger partial charge in [0.1, 0.15) is 0 Å². The second-order valence-electron chi connectivity index (χ2n) is 3.60. The van der Waals surface area contributed by atoms with Gasteiger partial charge in [0.15, 0.2) is 0 Å². The zero-order chi connectivity index (χ0) is 11.5. The molecule has 0 aliphatic carbocycles. The van der Waals surface area contributed by atoms with Gasteiger partial charge in [-0.15, -0.1) is 11.3 Å². The second kappa shape index (κ2) is 5.10. The van der Waals surface area contributed by atoms with Crippen LogP contribution in [0.5, 0.6) is 0 Å². The molecule has 0 radical (unpaired) electrons. The summed E-state index contributed by atoms with van der Waals surface area (Å²) in [6.45, 7) is 2.10. The summed E-state index contributed by atoms with van der Waals surface area (Å²) in [5.74, 6) is 5.64. The number of hydrogen-bond acceptors (Lipinski definition) is 3. The molecule has 0 aliphatic heterocycles. The highest BCUT2D eigenvalue weighted by atomic mass is 79.9. The molecule has 0 saturated carbocycles. The van der Waals surface area contributed by atoms with Crippen LogP contribution in [-0.4, -0.2) is 0 Å². The summed E-state index contributed by atoms with van der Waals surface area (Å²) in [7, 11) is 0. The maximum atomic E-state index is 5.64. The summed E-state index contributed by atoms with van der Waals surface area (Å²) in [4.78, 5) is 2.53. The van der Waals surface area contributed by atoms with Crippen LogP contribution in [0.1, 0.15) is 21.4 Å². The van der Waals surface area contributed by atoms with Gasteiger partial charge in [-0.05, 0) is 36.8 Å². The van der Waals surface area contributed by atoms with Crippen molar-refractivity contribution in [3.63, 3.8) is 0 Å². The SMILES string of the molecule is Cc1ccc(C(NN)c2cccc(Br)c2)s1. The lowest BCUT2D eigenvalue weighted by molar-refractivity contribution is 0.646. The van der Waals surface area contributed by atoms with Gasteiger partial charge < -0.3 is 0 Å². The van der Waals surface area contributed by atoms with Crippen molar-refractivity contribution in [1.29, 1.82) is 0 Å². The lowest BCUT2D eigenvalue weighted by atomic mass is 10.1. The van der Waals surface area contributed by atoms with Crippen LogP contribution in [0, 0.1) is 6.92 Å². The Morgan fingerprint density at radius 3 is 2.69 bits per heavy atom. The highest BCUT2D eigenvalue weighted by Gasteiger charge is 2.13. The van der Waals surface area contributed by atoms with E-state index >= 15 is 0 Å². The first-order chi connectivity index (χ1) is 7.70. The number of aryl methyl sites for hydroxylation is 1. The molecule has 0 aliphatic rings. The molecule has 0 bridgehead atoms. The first kappa shape index (κ1) is 11.8. The molecule has 2 rings (SSSR count). The molecule has 16 heavy (non-hydrogen) atoms. The Morgan fingerprint density at radius 1 is 1.31 bits per heavy atom. The first-order valence-electron chi connectivity index (χ1n) is 4.98. The third kappa shape index (κ3) is 2.52. The minimum absolute atomic E-state index is 0.0659.